The summed E-state index contributed by atoms with van der Waals surface area (Å²) < 4.78 is 11.2. The summed E-state index contributed by atoms with van der Waals surface area (Å²) in [6, 6.07) is 14.9. The number of carbonyl (C=O) groups excluding carboxylic acids is 4. The van der Waals surface area contributed by atoms with Crippen molar-refractivity contribution in [3.8, 4) is 11.1 Å². The minimum atomic E-state index is -0.985. The van der Waals surface area contributed by atoms with E-state index < -0.39 is 29.6 Å². The van der Waals surface area contributed by atoms with Crippen LogP contribution in [0.4, 0.5) is 4.79 Å². The molecule has 2 aromatic carbocycles. The number of likely N-dealkylation sites (tertiary alicyclic amines) is 1. The first-order valence-electron chi connectivity index (χ1n) is 16.3. The molecular formula is C37H47N3O7. The zero-order chi connectivity index (χ0) is 34.0. The van der Waals surface area contributed by atoms with E-state index in [1.165, 1.54) is 0 Å². The molecular weight excluding hydrogens is 598 g/mol. The zero-order valence-electron chi connectivity index (χ0n) is 27.4. The van der Waals surface area contributed by atoms with Crippen molar-refractivity contribution in [3.63, 3.8) is 0 Å². The number of esters is 1. The summed E-state index contributed by atoms with van der Waals surface area (Å²) in [6.45, 7) is 11.3. The average Bonchev–Trinajstić information content (AvgIpc) is 3.67. The van der Waals surface area contributed by atoms with Gasteiger partial charge in [0.2, 0.25) is 11.8 Å². The molecule has 10 heteroatoms. The number of rotatable bonds is 16. The molecule has 1 heterocycles. The third-order valence-electron chi connectivity index (χ3n) is 8.77. The molecule has 0 spiro atoms. The van der Waals surface area contributed by atoms with E-state index in [4.69, 9.17) is 9.47 Å². The van der Waals surface area contributed by atoms with Crippen LogP contribution in [-0.2, 0) is 23.9 Å². The number of hydrogen-bond donors (Lipinski definition) is 3. The molecule has 0 aromatic heterocycles. The van der Waals surface area contributed by atoms with Gasteiger partial charge in [0, 0.05) is 18.9 Å². The number of nitrogens with one attached hydrogen (secondary N) is 2. The fourth-order valence-electron chi connectivity index (χ4n) is 6.31. The Kier molecular flexibility index (Phi) is 12.4. The molecule has 3 amide bonds. The van der Waals surface area contributed by atoms with E-state index in [-0.39, 0.29) is 56.4 Å². The highest BCUT2D eigenvalue weighted by Crippen LogP contribution is 2.44. The van der Waals surface area contributed by atoms with E-state index in [9.17, 15) is 24.3 Å². The predicted molar refractivity (Wildman–Crippen MR) is 179 cm³/mol. The lowest BCUT2D eigenvalue weighted by Crippen LogP contribution is -2.51. The SMILES string of the molecule is C=CCC[C@H](NC(=O)OCC1c2ccccc2-c2ccccc21)C(=O)OCC(C)(C)NC(=O)[C@@H](CC=C)CC(=O)N1CCC[C@H]1CO. The van der Waals surface area contributed by atoms with Crippen LogP contribution >= 0.6 is 0 Å². The number of ether oxygens (including phenoxy) is 2. The Balaban J connectivity index is 1.31. The summed E-state index contributed by atoms with van der Waals surface area (Å²) in [4.78, 5) is 53.9. The molecule has 3 N–H and O–H groups in total. The van der Waals surface area contributed by atoms with Crippen LogP contribution in [0, 0.1) is 5.92 Å². The summed E-state index contributed by atoms with van der Waals surface area (Å²) >= 11 is 0. The monoisotopic (exact) mass is 645 g/mol. The maximum absolute atomic E-state index is 13.2. The van der Waals surface area contributed by atoms with Crippen LogP contribution < -0.4 is 10.6 Å². The number of allylic oxidation sites excluding steroid dienone is 2. The highest BCUT2D eigenvalue weighted by atomic mass is 16.6. The molecule has 0 bridgehead atoms. The first kappa shape index (κ1) is 35.4. The second kappa shape index (κ2) is 16.4. The number of carbonyl (C=O) groups is 4. The van der Waals surface area contributed by atoms with E-state index in [1.54, 1.807) is 30.9 Å². The van der Waals surface area contributed by atoms with Gasteiger partial charge in [0.1, 0.15) is 19.3 Å². The Morgan fingerprint density at radius 2 is 1.68 bits per heavy atom. The minimum absolute atomic E-state index is 0.0160. The number of amides is 3. The van der Waals surface area contributed by atoms with E-state index in [2.05, 4.69) is 35.9 Å². The molecule has 1 fully saturated rings. The molecule has 252 valence electrons. The molecule has 2 aromatic rings. The van der Waals surface area contributed by atoms with Crippen molar-refractivity contribution >= 4 is 23.9 Å². The lowest BCUT2D eigenvalue weighted by Gasteiger charge is -2.30. The van der Waals surface area contributed by atoms with Crippen LogP contribution in [0.3, 0.4) is 0 Å². The molecule has 1 aliphatic carbocycles. The predicted octanol–water partition coefficient (Wildman–Crippen LogP) is 4.86. The zero-order valence-corrected chi connectivity index (χ0v) is 27.4. The van der Waals surface area contributed by atoms with Gasteiger partial charge in [-0.25, -0.2) is 9.59 Å². The molecule has 0 saturated carbocycles. The number of hydrogen-bond acceptors (Lipinski definition) is 7. The molecule has 4 rings (SSSR count). The van der Waals surface area contributed by atoms with Crippen molar-refractivity contribution in [2.75, 3.05) is 26.4 Å². The van der Waals surface area contributed by atoms with Crippen molar-refractivity contribution in [2.45, 2.75) is 75.9 Å². The van der Waals surface area contributed by atoms with Crippen molar-refractivity contribution in [3.05, 3.63) is 85.0 Å². The van der Waals surface area contributed by atoms with Gasteiger partial charge < -0.3 is 30.1 Å². The number of benzene rings is 2. The lowest BCUT2D eigenvalue weighted by atomic mass is 9.97. The van der Waals surface area contributed by atoms with Crippen molar-refractivity contribution in [1.82, 2.24) is 15.5 Å². The van der Waals surface area contributed by atoms with Gasteiger partial charge in [-0.2, -0.15) is 0 Å². The van der Waals surface area contributed by atoms with Gasteiger partial charge in [-0.05, 0) is 68.2 Å². The van der Waals surface area contributed by atoms with Crippen LogP contribution in [0.1, 0.15) is 69.4 Å². The molecule has 0 radical (unpaired) electrons. The maximum Gasteiger partial charge on any atom is 0.407 e. The molecule has 10 nitrogen and oxygen atoms in total. The van der Waals surface area contributed by atoms with E-state index in [0.29, 0.717) is 19.4 Å². The average molecular weight is 646 g/mol. The summed E-state index contributed by atoms with van der Waals surface area (Å²) in [5.74, 6) is -1.99. The van der Waals surface area contributed by atoms with Crippen LogP contribution in [0.15, 0.2) is 73.8 Å². The van der Waals surface area contributed by atoms with Crippen LogP contribution in [0.2, 0.25) is 0 Å². The smallest absolute Gasteiger partial charge is 0.407 e. The number of aliphatic hydroxyl groups is 1. The fraction of sp³-hybridized carbons (Fsp3) is 0.459. The van der Waals surface area contributed by atoms with Crippen LogP contribution in [0.5, 0.6) is 0 Å². The van der Waals surface area contributed by atoms with Gasteiger partial charge in [-0.15, -0.1) is 13.2 Å². The van der Waals surface area contributed by atoms with Crippen molar-refractivity contribution in [1.29, 1.82) is 0 Å². The second-order valence-electron chi connectivity index (χ2n) is 12.9. The van der Waals surface area contributed by atoms with Gasteiger partial charge in [-0.3, -0.25) is 9.59 Å². The molecule has 0 unspecified atom stereocenters. The van der Waals surface area contributed by atoms with Crippen LogP contribution in [0.25, 0.3) is 11.1 Å². The fourth-order valence-corrected chi connectivity index (χ4v) is 6.31. The van der Waals surface area contributed by atoms with Crippen LogP contribution in [-0.4, -0.2) is 77.9 Å². The molecule has 1 saturated heterocycles. The number of nitrogens with zero attached hydrogens (tertiary/aromatic N) is 1. The van der Waals surface area contributed by atoms with E-state index in [1.807, 2.05) is 36.4 Å². The Morgan fingerprint density at radius 3 is 2.30 bits per heavy atom. The summed E-state index contributed by atoms with van der Waals surface area (Å²) in [5, 5.41) is 15.1. The summed E-state index contributed by atoms with van der Waals surface area (Å²) in [5.41, 5.74) is 3.42. The third-order valence-corrected chi connectivity index (χ3v) is 8.77. The Bertz CT molecular complexity index is 1410. The normalized spacial score (nSPS) is 16.7. The summed E-state index contributed by atoms with van der Waals surface area (Å²) in [6.07, 6.45) is 5.05. The lowest BCUT2D eigenvalue weighted by molar-refractivity contribution is -0.149. The first-order chi connectivity index (χ1) is 22.6. The molecule has 2 aliphatic rings. The van der Waals surface area contributed by atoms with Crippen molar-refractivity contribution in [2.24, 2.45) is 5.92 Å². The Labute approximate surface area is 277 Å². The number of aliphatic hydroxyl groups excluding tert-OH is 1. The largest absolute Gasteiger partial charge is 0.462 e. The van der Waals surface area contributed by atoms with Gasteiger partial charge >= 0.3 is 12.1 Å². The standard InChI is InChI=1S/C37H47N3O7/c1-5-7-19-32(38-36(45)46-23-31-29-17-10-8-15-27(29)28-16-9-11-18-30(28)31)35(44)47-24-37(3,4)39-34(43)25(13-6-2)21-33(42)40-20-12-14-26(40)22-41/h5-6,8-11,15-18,25-26,31-32,41H,1-2,7,12-14,19-24H2,3-4H3,(H,38,45)(H,39,43)/t25-,26-,32-/m0/s1. The van der Waals surface area contributed by atoms with Gasteiger partial charge in [0.15, 0.2) is 0 Å². The topological polar surface area (TPSA) is 134 Å². The highest BCUT2D eigenvalue weighted by molar-refractivity contribution is 5.87. The third kappa shape index (κ3) is 9.10. The highest BCUT2D eigenvalue weighted by Gasteiger charge is 2.34. The summed E-state index contributed by atoms with van der Waals surface area (Å²) in [7, 11) is 0. The van der Waals surface area contributed by atoms with Gasteiger partial charge in [0.25, 0.3) is 0 Å². The minimum Gasteiger partial charge on any atom is -0.462 e. The second-order valence-corrected chi connectivity index (χ2v) is 12.9. The van der Waals surface area contributed by atoms with Gasteiger partial charge in [-0.1, -0.05) is 60.7 Å². The van der Waals surface area contributed by atoms with Gasteiger partial charge in [0.05, 0.1) is 24.1 Å². The molecule has 3 atom stereocenters. The first-order valence-corrected chi connectivity index (χ1v) is 16.3. The molecule has 47 heavy (non-hydrogen) atoms. The van der Waals surface area contributed by atoms with E-state index in [0.717, 1.165) is 35.1 Å². The number of fused-ring (bicyclic) bond motifs is 3. The molecule has 1 aliphatic heterocycles. The Hall–Kier alpha value is -4.44. The Morgan fingerprint density at radius 1 is 1.02 bits per heavy atom. The maximum atomic E-state index is 13.2. The van der Waals surface area contributed by atoms with Crippen molar-refractivity contribution < 1.29 is 33.8 Å². The quantitative estimate of drug-likeness (QED) is 0.175. The number of alkyl carbamates (subject to hydrolysis) is 1. The van der Waals surface area contributed by atoms with E-state index >= 15 is 0 Å².